The Morgan fingerprint density at radius 2 is 1.97 bits per heavy atom. The van der Waals surface area contributed by atoms with E-state index in [1.165, 1.54) is 0 Å². The van der Waals surface area contributed by atoms with E-state index < -0.39 is 10.3 Å². The zero-order valence-corrected chi connectivity index (χ0v) is 18.3. The molecule has 3 aromatic heterocycles. The van der Waals surface area contributed by atoms with Gasteiger partial charge in [0.1, 0.15) is 5.65 Å². The predicted octanol–water partition coefficient (Wildman–Crippen LogP) is 1.31. The number of ether oxygens (including phenoxy) is 1. The van der Waals surface area contributed by atoms with Crippen LogP contribution in [0, 0.1) is 0 Å². The molecule has 0 aliphatic carbocycles. The van der Waals surface area contributed by atoms with Gasteiger partial charge in [-0.2, -0.15) is 8.42 Å². The van der Waals surface area contributed by atoms with E-state index in [4.69, 9.17) is 4.74 Å². The molecule has 5 heterocycles. The smallest absolute Gasteiger partial charge is 0.244 e. The molecule has 0 saturated carbocycles. The minimum Gasteiger partial charge on any atom is -0.380 e. The molecular weight excluding hydrogens is 416 g/mol. The van der Waals surface area contributed by atoms with E-state index in [2.05, 4.69) is 19.9 Å². The maximum atomic E-state index is 12.1. The number of pyridine rings is 2. The highest BCUT2D eigenvalue weighted by atomic mass is 32.2. The van der Waals surface area contributed by atoms with E-state index in [-0.39, 0.29) is 6.10 Å². The first-order valence-electron chi connectivity index (χ1n) is 10.6. The summed E-state index contributed by atoms with van der Waals surface area (Å²) in [7, 11) is -0.593. The highest BCUT2D eigenvalue weighted by Gasteiger charge is 2.30. The van der Waals surface area contributed by atoms with Crippen molar-refractivity contribution in [2.75, 3.05) is 51.3 Å². The number of aromatic amines is 1. The van der Waals surface area contributed by atoms with Gasteiger partial charge in [-0.25, -0.2) is 14.8 Å². The topological polar surface area (TPSA) is 94.7 Å². The van der Waals surface area contributed by atoms with Crippen LogP contribution in [0.15, 0.2) is 30.7 Å². The molecule has 164 valence electrons. The SMILES string of the molecule is COC1CCCN(C(N2CCN(c3ccnc4cnc5[nH]ccc5c34)CC2)=S(=O)=O)C1. The van der Waals surface area contributed by atoms with Crippen LogP contribution < -0.4 is 4.90 Å². The lowest BCUT2D eigenvalue weighted by atomic mass is 10.1. The lowest BCUT2D eigenvalue weighted by Gasteiger charge is -2.40. The average molecular weight is 443 g/mol. The molecule has 0 amide bonds. The van der Waals surface area contributed by atoms with Crippen LogP contribution in [-0.4, -0.2) is 90.8 Å². The molecule has 2 fully saturated rings. The third kappa shape index (κ3) is 3.80. The molecule has 0 aromatic carbocycles. The van der Waals surface area contributed by atoms with Crippen molar-refractivity contribution in [2.45, 2.75) is 18.9 Å². The van der Waals surface area contributed by atoms with Gasteiger partial charge in [0.25, 0.3) is 0 Å². The molecule has 3 aromatic rings. The fraction of sp³-hybridized carbons (Fsp3) is 0.476. The van der Waals surface area contributed by atoms with Crippen molar-refractivity contribution in [3.05, 3.63) is 30.7 Å². The van der Waals surface area contributed by atoms with Crippen LogP contribution in [0.1, 0.15) is 12.8 Å². The van der Waals surface area contributed by atoms with Crippen LogP contribution >= 0.6 is 0 Å². The Hall–Kier alpha value is -2.53. The number of H-pyrrole nitrogens is 1. The van der Waals surface area contributed by atoms with E-state index in [0.29, 0.717) is 24.7 Å². The number of piperidine rings is 1. The summed E-state index contributed by atoms with van der Waals surface area (Å²) in [5, 5.41) is 2.53. The van der Waals surface area contributed by atoms with Crippen LogP contribution in [0.25, 0.3) is 21.9 Å². The third-order valence-electron chi connectivity index (χ3n) is 6.29. The number of methoxy groups -OCH3 is 1. The number of hydrogen-bond donors (Lipinski definition) is 1. The lowest BCUT2D eigenvalue weighted by molar-refractivity contribution is 0.0505. The normalized spacial score (nSPS) is 21.1. The summed E-state index contributed by atoms with van der Waals surface area (Å²) in [6.45, 7) is 4.11. The summed E-state index contributed by atoms with van der Waals surface area (Å²) in [6, 6.07) is 4.07. The van der Waals surface area contributed by atoms with Gasteiger partial charge in [-0.05, 0) is 25.0 Å². The number of aromatic nitrogens is 3. The number of piperazine rings is 1. The van der Waals surface area contributed by atoms with Crippen molar-refractivity contribution in [3.63, 3.8) is 0 Å². The molecule has 5 rings (SSSR count). The number of rotatable bonds is 2. The number of fused-ring (bicyclic) bond motifs is 3. The second-order valence-electron chi connectivity index (χ2n) is 8.03. The Bertz CT molecular complexity index is 1220. The lowest BCUT2D eigenvalue weighted by Crippen LogP contribution is -2.56. The van der Waals surface area contributed by atoms with Crippen LogP contribution in [-0.2, 0) is 15.0 Å². The zero-order chi connectivity index (χ0) is 21.4. The molecule has 2 aliphatic heterocycles. The Labute approximate surface area is 182 Å². The van der Waals surface area contributed by atoms with Crippen LogP contribution in [0.5, 0.6) is 0 Å². The quantitative estimate of drug-likeness (QED) is 0.594. The van der Waals surface area contributed by atoms with Gasteiger partial charge >= 0.3 is 0 Å². The maximum absolute atomic E-state index is 12.1. The molecule has 10 heteroatoms. The second-order valence-corrected chi connectivity index (χ2v) is 8.86. The van der Waals surface area contributed by atoms with E-state index in [1.807, 2.05) is 34.3 Å². The second kappa shape index (κ2) is 8.54. The number of hydrogen-bond acceptors (Lipinski definition) is 6. The van der Waals surface area contributed by atoms with Crippen molar-refractivity contribution in [3.8, 4) is 0 Å². The van der Waals surface area contributed by atoms with Crippen LogP contribution in [0.2, 0.25) is 0 Å². The minimum atomic E-state index is -2.28. The van der Waals surface area contributed by atoms with Gasteiger partial charge in [0.2, 0.25) is 10.3 Å². The fourth-order valence-electron chi connectivity index (χ4n) is 4.75. The van der Waals surface area contributed by atoms with Crippen molar-refractivity contribution in [1.29, 1.82) is 0 Å². The molecule has 31 heavy (non-hydrogen) atoms. The van der Waals surface area contributed by atoms with E-state index in [0.717, 1.165) is 60.1 Å². The van der Waals surface area contributed by atoms with Gasteiger partial charge in [-0.15, -0.1) is 0 Å². The summed E-state index contributed by atoms with van der Waals surface area (Å²) in [5.41, 5.74) is 2.81. The summed E-state index contributed by atoms with van der Waals surface area (Å²) in [6.07, 6.45) is 7.48. The first-order chi connectivity index (χ1) is 15.2. The minimum absolute atomic E-state index is 0.0779. The standard InChI is InChI=1S/C21H26N6O3S/c1-30-15-3-2-8-27(14-15)21(31(28)29)26-11-9-25(10-12-26)18-5-7-22-17-13-24-20-16(19(17)18)4-6-23-20/h4-7,13,15H,2-3,8-12,14H2,1H3,(H,23,24). The van der Waals surface area contributed by atoms with Crippen molar-refractivity contribution in [2.24, 2.45) is 0 Å². The first-order valence-corrected chi connectivity index (χ1v) is 11.7. The highest BCUT2D eigenvalue weighted by molar-refractivity contribution is 7.72. The Morgan fingerprint density at radius 3 is 2.74 bits per heavy atom. The first kappa shape index (κ1) is 20.4. The van der Waals surface area contributed by atoms with Gasteiger partial charge < -0.3 is 14.6 Å². The third-order valence-corrected chi connectivity index (χ3v) is 7.11. The molecule has 1 unspecified atom stereocenters. The monoisotopic (exact) mass is 442 g/mol. The highest BCUT2D eigenvalue weighted by Crippen LogP contribution is 2.31. The summed E-state index contributed by atoms with van der Waals surface area (Å²) < 4.78 is 29.8. The molecule has 0 bridgehead atoms. The summed E-state index contributed by atoms with van der Waals surface area (Å²) in [4.78, 5) is 18.4. The fourth-order valence-corrected chi connectivity index (χ4v) is 5.52. The van der Waals surface area contributed by atoms with Gasteiger partial charge in [0.15, 0.2) is 5.11 Å². The van der Waals surface area contributed by atoms with Gasteiger partial charge in [-0.3, -0.25) is 4.98 Å². The van der Waals surface area contributed by atoms with E-state index >= 15 is 0 Å². The van der Waals surface area contributed by atoms with Crippen LogP contribution in [0.3, 0.4) is 0 Å². The number of nitrogens with zero attached hydrogens (tertiary/aromatic N) is 5. The molecule has 0 radical (unpaired) electrons. The summed E-state index contributed by atoms with van der Waals surface area (Å²) >= 11 is 0. The van der Waals surface area contributed by atoms with E-state index in [9.17, 15) is 8.42 Å². The molecule has 2 saturated heterocycles. The Balaban J connectivity index is 1.39. The van der Waals surface area contributed by atoms with Crippen molar-refractivity contribution in [1.82, 2.24) is 24.8 Å². The zero-order valence-electron chi connectivity index (χ0n) is 17.5. The maximum Gasteiger partial charge on any atom is 0.244 e. The number of likely N-dealkylation sites (tertiary alicyclic amines) is 1. The van der Waals surface area contributed by atoms with Crippen molar-refractivity contribution < 1.29 is 13.2 Å². The van der Waals surface area contributed by atoms with Gasteiger partial charge in [0, 0.05) is 75.2 Å². The Morgan fingerprint density at radius 1 is 1.13 bits per heavy atom. The molecule has 1 atom stereocenters. The van der Waals surface area contributed by atoms with E-state index in [1.54, 1.807) is 13.3 Å². The molecule has 1 N–H and O–H groups in total. The van der Waals surface area contributed by atoms with Crippen LogP contribution in [0.4, 0.5) is 5.69 Å². The molecular formula is C21H26N6O3S. The van der Waals surface area contributed by atoms with Crippen molar-refractivity contribution >= 4 is 43.0 Å². The summed E-state index contributed by atoms with van der Waals surface area (Å²) in [5.74, 6) is 0. The largest absolute Gasteiger partial charge is 0.380 e. The Kier molecular flexibility index (Phi) is 5.61. The molecule has 0 spiro atoms. The van der Waals surface area contributed by atoms with Gasteiger partial charge in [0.05, 0.1) is 17.8 Å². The molecule has 9 nitrogen and oxygen atoms in total. The molecule has 2 aliphatic rings. The predicted molar refractivity (Wildman–Crippen MR) is 121 cm³/mol. The number of nitrogens with one attached hydrogen (secondary N) is 1. The van der Waals surface area contributed by atoms with Gasteiger partial charge in [-0.1, -0.05) is 0 Å². The average Bonchev–Trinajstić information content (AvgIpc) is 3.28. The number of anilines is 1.